The van der Waals surface area contributed by atoms with Crippen LogP contribution in [0.3, 0.4) is 0 Å². The van der Waals surface area contributed by atoms with Gasteiger partial charge in [0.2, 0.25) is 0 Å². The van der Waals surface area contributed by atoms with E-state index in [9.17, 15) is 17.6 Å². The van der Waals surface area contributed by atoms with Crippen molar-refractivity contribution in [3.8, 4) is 23.0 Å². The largest absolute Gasteiger partial charge is 0.421 e. The van der Waals surface area contributed by atoms with Crippen LogP contribution >= 0.6 is 0 Å². The summed E-state index contributed by atoms with van der Waals surface area (Å²) in [5, 5.41) is 0. The van der Waals surface area contributed by atoms with Crippen molar-refractivity contribution in [2.45, 2.75) is 32.4 Å². The number of nitrogens with zero attached hydrogens (tertiary/aromatic N) is 4. The maximum Gasteiger partial charge on any atom is 0.322 e. The second-order valence-electron chi connectivity index (χ2n) is 8.39. The van der Waals surface area contributed by atoms with Gasteiger partial charge in [-0.2, -0.15) is 9.97 Å². The summed E-state index contributed by atoms with van der Waals surface area (Å²) in [5.74, 6) is -0.880. The number of hydrogen-bond donors (Lipinski definition) is 0. The minimum absolute atomic E-state index is 0.0334. The van der Waals surface area contributed by atoms with Gasteiger partial charge in [-0.3, -0.25) is 4.79 Å². The first-order valence-corrected chi connectivity index (χ1v) is 12.7. The van der Waals surface area contributed by atoms with Crippen molar-refractivity contribution in [2.75, 3.05) is 24.7 Å². The quantitative estimate of drug-likeness (QED) is 0.451. The highest BCUT2D eigenvalue weighted by Crippen LogP contribution is 2.29. The van der Waals surface area contributed by atoms with Crippen molar-refractivity contribution in [3.63, 3.8) is 0 Å². The lowest BCUT2D eigenvalue weighted by Crippen LogP contribution is -2.25. The molecule has 0 atom stereocenters. The van der Waals surface area contributed by atoms with Gasteiger partial charge in [-0.25, -0.2) is 12.8 Å². The lowest BCUT2D eigenvalue weighted by Gasteiger charge is -2.16. The number of benzene rings is 1. The molecule has 3 rings (SSSR count). The van der Waals surface area contributed by atoms with Gasteiger partial charge in [-0.05, 0) is 37.1 Å². The molecule has 0 bridgehead atoms. The Morgan fingerprint density at radius 3 is 2.56 bits per heavy atom. The van der Waals surface area contributed by atoms with Gasteiger partial charge in [0.15, 0.2) is 21.4 Å². The Bertz CT molecular complexity index is 1330. The molecule has 1 aromatic carbocycles. The van der Waals surface area contributed by atoms with Gasteiger partial charge in [0.25, 0.3) is 5.56 Å². The minimum atomic E-state index is -3.42. The average Bonchev–Trinajstić information content (AvgIpc) is 2.76. The molecule has 0 amide bonds. The third-order valence-corrected chi connectivity index (χ3v) is 6.88. The Kier molecular flexibility index (Phi) is 7.71. The van der Waals surface area contributed by atoms with Gasteiger partial charge in [-0.15, -0.1) is 0 Å². The van der Waals surface area contributed by atoms with E-state index < -0.39 is 15.7 Å². The lowest BCUT2D eigenvalue weighted by molar-refractivity contribution is 0.407. The maximum absolute atomic E-state index is 14.4. The van der Waals surface area contributed by atoms with Crippen molar-refractivity contribution in [1.82, 2.24) is 14.5 Å². The van der Waals surface area contributed by atoms with E-state index in [0.717, 1.165) is 6.42 Å². The number of pyridine rings is 1. The SMILES string of the molecule is CCCCS(=O)(=O)Cc1cc(-c2cc(N(C)C)c(=O)n(C)c2)nc(Oc2c(C)cccc2F)n1. The predicted molar refractivity (Wildman–Crippen MR) is 131 cm³/mol. The summed E-state index contributed by atoms with van der Waals surface area (Å²) in [7, 11) is 1.70. The van der Waals surface area contributed by atoms with E-state index in [1.165, 1.54) is 10.6 Å². The number of unbranched alkanes of at least 4 members (excludes halogenated alkanes) is 1. The number of aromatic nitrogens is 3. The molecule has 0 aliphatic rings. The molecule has 34 heavy (non-hydrogen) atoms. The summed E-state index contributed by atoms with van der Waals surface area (Å²) in [6.45, 7) is 3.61. The molecule has 0 saturated heterocycles. The molecule has 2 heterocycles. The van der Waals surface area contributed by atoms with Crippen LogP contribution in [0.2, 0.25) is 0 Å². The highest BCUT2D eigenvalue weighted by atomic mass is 32.2. The van der Waals surface area contributed by atoms with Crippen LogP contribution in [0.5, 0.6) is 11.8 Å². The molecule has 2 aromatic heterocycles. The van der Waals surface area contributed by atoms with Gasteiger partial charge in [0.05, 0.1) is 22.9 Å². The molecule has 0 spiro atoms. The highest BCUT2D eigenvalue weighted by Gasteiger charge is 2.19. The van der Waals surface area contributed by atoms with Gasteiger partial charge in [0.1, 0.15) is 5.69 Å². The predicted octanol–water partition coefficient (Wildman–Crippen LogP) is 3.86. The first-order valence-electron chi connectivity index (χ1n) is 10.9. The van der Waals surface area contributed by atoms with Crippen molar-refractivity contribution < 1.29 is 17.5 Å². The number of ether oxygens (including phenoxy) is 1. The molecule has 0 saturated carbocycles. The number of sulfone groups is 1. The smallest absolute Gasteiger partial charge is 0.322 e. The Labute approximate surface area is 199 Å². The fourth-order valence-electron chi connectivity index (χ4n) is 3.39. The van der Waals surface area contributed by atoms with E-state index in [0.29, 0.717) is 28.9 Å². The zero-order valence-corrected chi connectivity index (χ0v) is 20.8. The monoisotopic (exact) mass is 488 g/mol. The average molecular weight is 489 g/mol. The summed E-state index contributed by atoms with van der Waals surface area (Å²) in [6, 6.07) is 7.56. The number of anilines is 1. The molecule has 0 aliphatic heterocycles. The molecule has 0 fully saturated rings. The van der Waals surface area contributed by atoms with E-state index >= 15 is 0 Å². The van der Waals surface area contributed by atoms with E-state index in [-0.39, 0.29) is 34.5 Å². The van der Waals surface area contributed by atoms with Gasteiger partial charge < -0.3 is 14.2 Å². The van der Waals surface area contributed by atoms with Crippen molar-refractivity contribution >= 4 is 15.5 Å². The Morgan fingerprint density at radius 2 is 1.91 bits per heavy atom. The Balaban J connectivity index is 2.14. The second kappa shape index (κ2) is 10.3. The van der Waals surface area contributed by atoms with Crippen molar-refractivity contribution in [3.05, 3.63) is 64.0 Å². The Morgan fingerprint density at radius 1 is 1.18 bits per heavy atom. The first-order chi connectivity index (χ1) is 16.0. The molecule has 0 radical (unpaired) electrons. The third kappa shape index (κ3) is 5.99. The molecular formula is C24H29FN4O4S. The summed E-state index contributed by atoms with van der Waals surface area (Å²) >= 11 is 0. The number of para-hydroxylation sites is 1. The zero-order valence-electron chi connectivity index (χ0n) is 20.0. The molecule has 0 unspecified atom stereocenters. The van der Waals surface area contributed by atoms with E-state index in [1.54, 1.807) is 63.4 Å². The van der Waals surface area contributed by atoms with Crippen LogP contribution in [0.4, 0.5) is 10.1 Å². The summed E-state index contributed by atoms with van der Waals surface area (Å²) in [5.41, 5.74) is 1.94. The van der Waals surface area contributed by atoms with Crippen LogP contribution in [0.1, 0.15) is 31.0 Å². The van der Waals surface area contributed by atoms with Crippen LogP contribution in [0.15, 0.2) is 41.3 Å². The summed E-state index contributed by atoms with van der Waals surface area (Å²) in [6.07, 6.45) is 2.90. The first kappa shape index (κ1) is 25.4. The van der Waals surface area contributed by atoms with Gasteiger partial charge in [-0.1, -0.05) is 25.5 Å². The molecule has 8 nitrogen and oxygen atoms in total. The maximum atomic E-state index is 14.4. The fourth-order valence-corrected chi connectivity index (χ4v) is 4.87. The number of aryl methyl sites for hydroxylation is 2. The van der Waals surface area contributed by atoms with Crippen LogP contribution in [-0.2, 0) is 22.6 Å². The molecule has 182 valence electrons. The zero-order chi connectivity index (χ0) is 25.0. The van der Waals surface area contributed by atoms with Crippen molar-refractivity contribution in [1.29, 1.82) is 0 Å². The van der Waals surface area contributed by atoms with Gasteiger partial charge in [0, 0.05) is 32.9 Å². The second-order valence-corrected chi connectivity index (χ2v) is 10.6. The Hall–Kier alpha value is -3.27. The standard InChI is InChI=1S/C24H29FN4O4S/c1-6-7-11-34(31,32)15-18-13-20(17-12-21(28(3)4)23(30)29(5)14-17)27-24(26-18)33-22-16(2)9-8-10-19(22)25/h8-10,12-14H,6-7,11,15H2,1-5H3. The highest BCUT2D eigenvalue weighted by molar-refractivity contribution is 7.90. The fraction of sp³-hybridized carbons (Fsp3) is 0.375. The normalized spacial score (nSPS) is 11.5. The van der Waals surface area contributed by atoms with Crippen LogP contribution < -0.4 is 15.2 Å². The van der Waals surface area contributed by atoms with Crippen molar-refractivity contribution in [2.24, 2.45) is 7.05 Å². The van der Waals surface area contributed by atoms with Crippen LogP contribution in [-0.4, -0.2) is 42.8 Å². The molecule has 10 heteroatoms. The summed E-state index contributed by atoms with van der Waals surface area (Å²) in [4.78, 5) is 22.8. The minimum Gasteiger partial charge on any atom is -0.421 e. The topological polar surface area (TPSA) is 94.4 Å². The van der Waals surface area contributed by atoms with E-state index in [4.69, 9.17) is 4.74 Å². The lowest BCUT2D eigenvalue weighted by atomic mass is 10.1. The number of rotatable bonds is 9. The van der Waals surface area contributed by atoms with Crippen LogP contribution in [0.25, 0.3) is 11.3 Å². The number of hydrogen-bond acceptors (Lipinski definition) is 7. The summed E-state index contributed by atoms with van der Waals surface area (Å²) < 4.78 is 46.7. The van der Waals surface area contributed by atoms with E-state index in [2.05, 4.69) is 9.97 Å². The molecular weight excluding hydrogens is 459 g/mol. The third-order valence-electron chi connectivity index (χ3n) is 5.23. The molecule has 0 aliphatic carbocycles. The van der Waals surface area contributed by atoms with Gasteiger partial charge >= 0.3 is 6.01 Å². The van der Waals surface area contributed by atoms with Crippen LogP contribution in [0, 0.1) is 12.7 Å². The van der Waals surface area contributed by atoms with E-state index in [1.807, 2.05) is 6.92 Å². The number of halogens is 1. The molecule has 3 aromatic rings. The molecule has 0 N–H and O–H groups in total.